The summed E-state index contributed by atoms with van der Waals surface area (Å²) in [6.07, 6.45) is 10.7. The number of nitrogens with zero attached hydrogens (tertiary/aromatic N) is 1. The van der Waals surface area contributed by atoms with E-state index in [4.69, 9.17) is 0 Å². The highest BCUT2D eigenvalue weighted by atomic mass is 32.2. The van der Waals surface area contributed by atoms with E-state index in [0.717, 1.165) is 12.0 Å². The summed E-state index contributed by atoms with van der Waals surface area (Å²) in [6.45, 7) is 10.8. The molecular weight excluding hydrogens is 264 g/mol. The number of thioether (sulfide) groups is 1. The van der Waals surface area contributed by atoms with Crippen molar-refractivity contribution >= 4 is 11.8 Å². The molecule has 2 atom stereocenters. The molecule has 0 amide bonds. The van der Waals surface area contributed by atoms with Gasteiger partial charge in [0.1, 0.15) is 0 Å². The van der Waals surface area contributed by atoms with Gasteiger partial charge >= 0.3 is 0 Å². The average Bonchev–Trinajstić information content (AvgIpc) is 2.87. The van der Waals surface area contributed by atoms with Crippen LogP contribution in [0.3, 0.4) is 0 Å². The first kappa shape index (κ1) is 16.6. The molecule has 3 heteroatoms. The van der Waals surface area contributed by atoms with Crippen molar-refractivity contribution in [2.45, 2.75) is 76.1 Å². The molecule has 1 N–H and O–H groups in total. The zero-order chi connectivity index (χ0) is 14.6. The van der Waals surface area contributed by atoms with E-state index in [0.29, 0.717) is 10.8 Å². The Labute approximate surface area is 130 Å². The topological polar surface area (TPSA) is 15.3 Å². The van der Waals surface area contributed by atoms with E-state index < -0.39 is 0 Å². The number of hydrogen-bond donors (Lipinski definition) is 1. The molecule has 0 aromatic heterocycles. The lowest BCUT2D eigenvalue weighted by Gasteiger charge is -2.44. The number of rotatable bonds is 6. The Kier molecular flexibility index (Phi) is 6.25. The van der Waals surface area contributed by atoms with Gasteiger partial charge in [0.25, 0.3) is 0 Å². The van der Waals surface area contributed by atoms with Gasteiger partial charge in [-0.05, 0) is 37.9 Å². The molecule has 0 aromatic rings. The van der Waals surface area contributed by atoms with Crippen molar-refractivity contribution in [3.63, 3.8) is 0 Å². The van der Waals surface area contributed by atoms with Crippen LogP contribution in [0.15, 0.2) is 0 Å². The number of hydrogen-bond acceptors (Lipinski definition) is 3. The first-order valence-electron chi connectivity index (χ1n) is 8.61. The molecule has 1 heterocycles. The molecule has 1 aliphatic carbocycles. The Hall–Kier alpha value is 0.270. The van der Waals surface area contributed by atoms with E-state index in [1.165, 1.54) is 58.2 Å². The van der Waals surface area contributed by atoms with Crippen molar-refractivity contribution in [2.24, 2.45) is 5.92 Å². The van der Waals surface area contributed by atoms with Crippen molar-refractivity contribution in [2.75, 3.05) is 25.9 Å². The van der Waals surface area contributed by atoms with Crippen LogP contribution in [0.4, 0.5) is 0 Å². The van der Waals surface area contributed by atoms with E-state index >= 15 is 0 Å². The smallest absolute Gasteiger partial charge is 0.0284 e. The van der Waals surface area contributed by atoms with E-state index in [9.17, 15) is 0 Å². The van der Waals surface area contributed by atoms with Crippen LogP contribution in [-0.4, -0.2) is 47.6 Å². The van der Waals surface area contributed by atoms with Crippen LogP contribution in [-0.2, 0) is 0 Å². The maximum atomic E-state index is 3.79. The lowest BCUT2D eigenvalue weighted by molar-refractivity contribution is 0.107. The van der Waals surface area contributed by atoms with Crippen molar-refractivity contribution < 1.29 is 0 Å². The van der Waals surface area contributed by atoms with E-state index in [2.05, 4.69) is 49.0 Å². The van der Waals surface area contributed by atoms with Gasteiger partial charge in [0.15, 0.2) is 0 Å². The van der Waals surface area contributed by atoms with Crippen LogP contribution in [0.1, 0.15) is 59.3 Å². The molecule has 0 radical (unpaired) electrons. The minimum atomic E-state index is 0.563. The normalized spacial score (nSPS) is 31.1. The zero-order valence-corrected chi connectivity index (χ0v) is 14.8. The fourth-order valence-electron chi connectivity index (χ4n) is 4.07. The van der Waals surface area contributed by atoms with E-state index in [1.54, 1.807) is 0 Å². The van der Waals surface area contributed by atoms with Gasteiger partial charge in [-0.3, -0.25) is 4.90 Å². The van der Waals surface area contributed by atoms with Crippen molar-refractivity contribution in [3.05, 3.63) is 0 Å². The highest BCUT2D eigenvalue weighted by Crippen LogP contribution is 2.41. The standard InChI is InChI=1S/C17H34N2S/c1-5-16-11-18-15(10-14(2)3)12-19(16)13-17(20-4)8-6-7-9-17/h14-16,18H,5-13H2,1-4H3. The third-order valence-electron chi connectivity index (χ3n) is 5.28. The first-order valence-corrected chi connectivity index (χ1v) is 9.83. The van der Waals surface area contributed by atoms with Gasteiger partial charge < -0.3 is 5.32 Å². The molecule has 2 nitrogen and oxygen atoms in total. The highest BCUT2D eigenvalue weighted by Gasteiger charge is 2.38. The number of nitrogens with one attached hydrogen (secondary N) is 1. The Morgan fingerprint density at radius 2 is 2.00 bits per heavy atom. The summed E-state index contributed by atoms with van der Waals surface area (Å²) in [5.41, 5.74) is 0. The maximum Gasteiger partial charge on any atom is 0.0284 e. The van der Waals surface area contributed by atoms with E-state index in [1.807, 2.05) is 0 Å². The van der Waals surface area contributed by atoms with Gasteiger partial charge in [0.2, 0.25) is 0 Å². The summed E-state index contributed by atoms with van der Waals surface area (Å²) < 4.78 is 0.563. The maximum absolute atomic E-state index is 3.79. The van der Waals surface area contributed by atoms with Gasteiger partial charge in [-0.2, -0.15) is 11.8 Å². The minimum Gasteiger partial charge on any atom is -0.311 e. The molecule has 0 spiro atoms. The summed E-state index contributed by atoms with van der Waals surface area (Å²) in [7, 11) is 0. The summed E-state index contributed by atoms with van der Waals surface area (Å²) in [6, 6.07) is 1.46. The molecule has 1 aliphatic heterocycles. The molecule has 20 heavy (non-hydrogen) atoms. The third-order valence-corrected chi connectivity index (χ3v) is 6.68. The fraction of sp³-hybridized carbons (Fsp3) is 1.00. The lowest BCUT2D eigenvalue weighted by atomic mass is 9.97. The second kappa shape index (κ2) is 7.51. The fourth-order valence-corrected chi connectivity index (χ4v) is 5.06. The highest BCUT2D eigenvalue weighted by molar-refractivity contribution is 8.00. The van der Waals surface area contributed by atoms with Crippen LogP contribution in [0.5, 0.6) is 0 Å². The molecule has 0 bridgehead atoms. The summed E-state index contributed by atoms with van der Waals surface area (Å²) in [5, 5.41) is 3.79. The predicted octanol–water partition coefficient (Wildman–Crippen LogP) is 3.76. The van der Waals surface area contributed by atoms with Crippen molar-refractivity contribution in [1.29, 1.82) is 0 Å². The van der Waals surface area contributed by atoms with Crippen LogP contribution in [0.25, 0.3) is 0 Å². The van der Waals surface area contributed by atoms with E-state index in [-0.39, 0.29) is 0 Å². The molecule has 2 fully saturated rings. The molecule has 2 rings (SSSR count). The molecule has 1 saturated heterocycles. The molecule has 118 valence electrons. The van der Waals surface area contributed by atoms with Gasteiger partial charge in [0, 0.05) is 36.5 Å². The van der Waals surface area contributed by atoms with Crippen molar-refractivity contribution in [1.82, 2.24) is 10.2 Å². The summed E-state index contributed by atoms with van der Waals surface area (Å²) in [5.74, 6) is 0.800. The lowest BCUT2D eigenvalue weighted by Crippen LogP contribution is -2.59. The largest absolute Gasteiger partial charge is 0.311 e. The second-order valence-electron chi connectivity index (χ2n) is 7.32. The molecule has 2 aliphatic rings. The second-order valence-corrected chi connectivity index (χ2v) is 8.59. The zero-order valence-electron chi connectivity index (χ0n) is 14.0. The van der Waals surface area contributed by atoms with Gasteiger partial charge in [0.05, 0.1) is 0 Å². The third kappa shape index (κ3) is 4.14. The Bertz CT molecular complexity index is 287. The van der Waals surface area contributed by atoms with Crippen LogP contribution in [0.2, 0.25) is 0 Å². The summed E-state index contributed by atoms with van der Waals surface area (Å²) >= 11 is 2.14. The first-order chi connectivity index (χ1) is 9.58. The molecular formula is C17H34N2S. The van der Waals surface area contributed by atoms with Crippen LogP contribution in [0, 0.1) is 5.92 Å². The SMILES string of the molecule is CCC1CNC(CC(C)C)CN1CC1(SC)CCCC1. The van der Waals surface area contributed by atoms with Crippen LogP contribution < -0.4 is 5.32 Å². The van der Waals surface area contributed by atoms with Gasteiger partial charge in [-0.1, -0.05) is 33.6 Å². The van der Waals surface area contributed by atoms with Crippen molar-refractivity contribution in [3.8, 4) is 0 Å². The average molecular weight is 299 g/mol. The Balaban J connectivity index is 1.97. The molecule has 0 aromatic carbocycles. The van der Waals surface area contributed by atoms with Crippen LogP contribution >= 0.6 is 11.8 Å². The monoisotopic (exact) mass is 298 g/mol. The molecule has 1 saturated carbocycles. The van der Waals surface area contributed by atoms with Gasteiger partial charge in [-0.15, -0.1) is 0 Å². The minimum absolute atomic E-state index is 0.563. The molecule has 2 unspecified atom stereocenters. The van der Waals surface area contributed by atoms with Gasteiger partial charge in [-0.25, -0.2) is 0 Å². The summed E-state index contributed by atoms with van der Waals surface area (Å²) in [4.78, 5) is 2.82. The predicted molar refractivity (Wildman–Crippen MR) is 91.6 cm³/mol. The Morgan fingerprint density at radius 1 is 1.30 bits per heavy atom. The Morgan fingerprint density at radius 3 is 2.55 bits per heavy atom. The number of piperazine rings is 1. The quantitative estimate of drug-likeness (QED) is 0.804.